The summed E-state index contributed by atoms with van der Waals surface area (Å²) in [5, 5.41) is 16.1. The Morgan fingerprint density at radius 1 is 0.902 bits per heavy atom. The number of ether oxygens (including phenoxy) is 2. The Labute approximate surface area is 249 Å². The van der Waals surface area contributed by atoms with E-state index < -0.39 is 0 Å². The molecule has 9 atom stereocenters. The number of aliphatic hydroxyl groups excluding tert-OH is 1. The van der Waals surface area contributed by atoms with Crippen LogP contribution in [-0.2, 0) is 19.1 Å². The van der Waals surface area contributed by atoms with Gasteiger partial charge in [-0.15, -0.1) is 0 Å². The maximum Gasteiger partial charge on any atom is 0.246 e. The first kappa shape index (κ1) is 32.5. The molecular formula is C34H58N2O5. The predicted molar refractivity (Wildman–Crippen MR) is 162 cm³/mol. The molecule has 0 bridgehead atoms. The highest BCUT2D eigenvalue weighted by Crippen LogP contribution is 2.68. The Hall–Kier alpha value is -1.44. The zero-order chi connectivity index (χ0) is 29.6. The van der Waals surface area contributed by atoms with Gasteiger partial charge in [-0.2, -0.15) is 0 Å². The molecule has 4 saturated carbocycles. The van der Waals surface area contributed by atoms with Gasteiger partial charge >= 0.3 is 0 Å². The second-order valence-electron chi connectivity index (χ2n) is 14.4. The Morgan fingerprint density at radius 2 is 1.56 bits per heavy atom. The first-order chi connectivity index (χ1) is 19.6. The number of carbonyl (C=O) groups excluding carboxylic acids is 2. The number of amides is 2. The molecule has 3 N–H and O–H groups in total. The van der Waals surface area contributed by atoms with Gasteiger partial charge in [0.1, 0.15) is 0 Å². The second-order valence-corrected chi connectivity index (χ2v) is 14.4. The molecule has 0 aliphatic heterocycles. The van der Waals surface area contributed by atoms with Gasteiger partial charge in [-0.05, 0) is 117 Å². The van der Waals surface area contributed by atoms with Crippen molar-refractivity contribution >= 4 is 11.8 Å². The second kappa shape index (κ2) is 14.4. The van der Waals surface area contributed by atoms with Crippen LogP contribution in [0.4, 0.5) is 0 Å². The highest BCUT2D eigenvalue weighted by atomic mass is 16.5. The molecule has 0 aromatic rings. The summed E-state index contributed by atoms with van der Waals surface area (Å²) in [6.07, 6.45) is 12.8. The lowest BCUT2D eigenvalue weighted by molar-refractivity contribution is -0.130. The molecule has 4 aliphatic rings. The van der Waals surface area contributed by atoms with Gasteiger partial charge in [-0.3, -0.25) is 9.59 Å². The minimum atomic E-state index is -0.155. The van der Waals surface area contributed by atoms with Crippen molar-refractivity contribution in [2.75, 3.05) is 39.5 Å². The van der Waals surface area contributed by atoms with Gasteiger partial charge in [0.25, 0.3) is 0 Å². The molecule has 4 rings (SSSR count). The maximum atomic E-state index is 12.6. The van der Waals surface area contributed by atoms with Gasteiger partial charge in [0.15, 0.2) is 0 Å². The zero-order valence-electron chi connectivity index (χ0n) is 26.3. The molecule has 0 heterocycles. The summed E-state index contributed by atoms with van der Waals surface area (Å²) in [6.45, 7) is 15.6. The fourth-order valence-electron chi connectivity index (χ4n) is 9.83. The zero-order valence-corrected chi connectivity index (χ0v) is 26.3. The van der Waals surface area contributed by atoms with Crippen LogP contribution in [0.15, 0.2) is 12.2 Å². The largest absolute Gasteiger partial charge is 0.393 e. The molecule has 4 fully saturated rings. The van der Waals surface area contributed by atoms with E-state index in [2.05, 4.69) is 38.0 Å². The predicted octanol–water partition coefficient (Wildman–Crippen LogP) is 5.26. The summed E-state index contributed by atoms with van der Waals surface area (Å²) in [5.74, 6) is 4.51. The van der Waals surface area contributed by atoms with E-state index >= 15 is 0 Å². The number of fused-ring (bicyclic) bond motifs is 5. The average molecular weight is 575 g/mol. The standard InChI is InChI=1S/C34H58N2O5/c1-23(2)32(39)36-17-19-41-21-20-40-18-16-35-31(38)11-6-24(3)28-9-10-29-27-8-7-25-22-26(37)12-14-33(25,4)30(27)13-15-34(28,29)5/h24-30,37H,1,6-22H2,2-5H3,(H,35,38)(H,36,39)/t24-,25?,26-,27?,28?,29?,30?,33+,34-/m1/s1. The molecule has 0 aromatic heterocycles. The number of hydrogen-bond acceptors (Lipinski definition) is 5. The molecule has 0 radical (unpaired) electrons. The van der Waals surface area contributed by atoms with Gasteiger partial charge in [0, 0.05) is 25.1 Å². The van der Waals surface area contributed by atoms with E-state index in [-0.39, 0.29) is 17.9 Å². The van der Waals surface area contributed by atoms with Gasteiger partial charge in [0.05, 0.1) is 32.5 Å². The minimum absolute atomic E-state index is 0.0701. The molecule has 4 aliphatic carbocycles. The third kappa shape index (κ3) is 7.56. The summed E-state index contributed by atoms with van der Waals surface area (Å²) in [5.41, 5.74) is 1.34. The smallest absolute Gasteiger partial charge is 0.246 e. The topological polar surface area (TPSA) is 96.9 Å². The van der Waals surface area contributed by atoms with Crippen molar-refractivity contribution in [2.24, 2.45) is 46.3 Å². The van der Waals surface area contributed by atoms with Crippen LogP contribution >= 0.6 is 0 Å². The molecule has 0 saturated heterocycles. The van der Waals surface area contributed by atoms with E-state index in [0.29, 0.717) is 68.3 Å². The van der Waals surface area contributed by atoms with Crippen molar-refractivity contribution in [1.29, 1.82) is 0 Å². The monoisotopic (exact) mass is 574 g/mol. The molecular weight excluding hydrogens is 516 g/mol. The van der Waals surface area contributed by atoms with Crippen LogP contribution in [0.3, 0.4) is 0 Å². The highest BCUT2D eigenvalue weighted by Gasteiger charge is 2.60. The lowest BCUT2D eigenvalue weighted by atomic mass is 9.44. The Morgan fingerprint density at radius 3 is 2.27 bits per heavy atom. The van der Waals surface area contributed by atoms with Crippen molar-refractivity contribution in [1.82, 2.24) is 10.6 Å². The number of aliphatic hydroxyl groups is 1. The van der Waals surface area contributed by atoms with Crippen LogP contribution in [0.1, 0.15) is 98.3 Å². The third-order valence-corrected chi connectivity index (χ3v) is 12.1. The fraction of sp³-hybridized carbons (Fsp3) is 0.882. The van der Waals surface area contributed by atoms with Crippen LogP contribution in [0.5, 0.6) is 0 Å². The van der Waals surface area contributed by atoms with Gasteiger partial charge in [-0.1, -0.05) is 27.4 Å². The molecule has 0 aromatic carbocycles. The van der Waals surface area contributed by atoms with Crippen molar-refractivity contribution in [3.8, 4) is 0 Å². The normalized spacial score (nSPS) is 36.9. The van der Waals surface area contributed by atoms with Crippen LogP contribution in [-0.4, -0.2) is 62.5 Å². The first-order valence-corrected chi connectivity index (χ1v) is 16.6. The summed E-state index contributed by atoms with van der Waals surface area (Å²) in [6, 6.07) is 0. The number of carbonyl (C=O) groups is 2. The van der Waals surface area contributed by atoms with Gasteiger partial charge in [0.2, 0.25) is 11.8 Å². The van der Waals surface area contributed by atoms with Crippen molar-refractivity contribution in [3.63, 3.8) is 0 Å². The molecule has 234 valence electrons. The van der Waals surface area contributed by atoms with E-state index in [1.807, 2.05) is 0 Å². The number of hydrogen-bond donors (Lipinski definition) is 3. The SMILES string of the molecule is C=C(C)C(=O)NCCOCCOCCNC(=O)CC[C@@H](C)C1CCC2C3CCC4C[C@H](O)CC[C@]4(C)C3CC[C@@]21C. The third-order valence-electron chi connectivity index (χ3n) is 12.1. The quantitative estimate of drug-likeness (QED) is 0.194. The van der Waals surface area contributed by atoms with Gasteiger partial charge in [-0.25, -0.2) is 0 Å². The summed E-state index contributed by atoms with van der Waals surface area (Å²) in [4.78, 5) is 24.0. The summed E-state index contributed by atoms with van der Waals surface area (Å²) < 4.78 is 11.0. The van der Waals surface area contributed by atoms with E-state index in [4.69, 9.17) is 9.47 Å². The molecule has 41 heavy (non-hydrogen) atoms. The molecule has 2 amide bonds. The van der Waals surface area contributed by atoms with Gasteiger partial charge < -0.3 is 25.2 Å². The van der Waals surface area contributed by atoms with Crippen molar-refractivity contribution < 1.29 is 24.2 Å². The van der Waals surface area contributed by atoms with E-state index in [9.17, 15) is 14.7 Å². The average Bonchev–Trinajstić information content (AvgIpc) is 3.30. The van der Waals surface area contributed by atoms with E-state index in [1.165, 1.54) is 44.9 Å². The Bertz CT molecular complexity index is 910. The summed E-state index contributed by atoms with van der Waals surface area (Å²) >= 11 is 0. The van der Waals surface area contributed by atoms with Crippen LogP contribution in [0.25, 0.3) is 0 Å². The minimum Gasteiger partial charge on any atom is -0.393 e. The van der Waals surface area contributed by atoms with Crippen LogP contribution < -0.4 is 10.6 Å². The molecule has 0 spiro atoms. The fourth-order valence-corrected chi connectivity index (χ4v) is 9.83. The molecule has 7 heteroatoms. The van der Waals surface area contributed by atoms with E-state index in [0.717, 1.165) is 48.9 Å². The number of rotatable bonds is 14. The van der Waals surface area contributed by atoms with Crippen LogP contribution in [0, 0.1) is 46.3 Å². The maximum absolute atomic E-state index is 12.6. The summed E-state index contributed by atoms with van der Waals surface area (Å²) in [7, 11) is 0. The first-order valence-electron chi connectivity index (χ1n) is 16.6. The van der Waals surface area contributed by atoms with Crippen molar-refractivity contribution in [3.05, 3.63) is 12.2 Å². The van der Waals surface area contributed by atoms with Crippen molar-refractivity contribution in [2.45, 2.75) is 104 Å². The lowest BCUT2D eigenvalue weighted by Gasteiger charge is -2.61. The molecule has 5 unspecified atom stereocenters. The van der Waals surface area contributed by atoms with Crippen LogP contribution in [0.2, 0.25) is 0 Å². The Balaban J connectivity index is 1.11. The Kier molecular flexibility index (Phi) is 11.4. The van der Waals surface area contributed by atoms with E-state index in [1.54, 1.807) is 6.92 Å². The lowest BCUT2D eigenvalue weighted by Crippen LogP contribution is -2.54. The molecule has 7 nitrogen and oxygen atoms in total. The highest BCUT2D eigenvalue weighted by molar-refractivity contribution is 5.92. The number of nitrogens with one attached hydrogen (secondary N) is 2.